The standard InChI is InChI=1S/C15H21N3S/c1-15(2,3)19-11-13(16)14-9-10-17-18(14)12-7-5-4-6-8-12/h4-10,13H,11,16H2,1-3H3. The number of thioether (sulfide) groups is 1. The highest BCUT2D eigenvalue weighted by Crippen LogP contribution is 2.27. The van der Waals surface area contributed by atoms with Crippen molar-refractivity contribution in [2.24, 2.45) is 5.73 Å². The lowest BCUT2D eigenvalue weighted by Crippen LogP contribution is -2.20. The summed E-state index contributed by atoms with van der Waals surface area (Å²) in [6.07, 6.45) is 1.81. The van der Waals surface area contributed by atoms with Crippen LogP contribution < -0.4 is 5.73 Å². The van der Waals surface area contributed by atoms with Crippen molar-refractivity contribution >= 4 is 11.8 Å². The fraction of sp³-hybridized carbons (Fsp3) is 0.400. The van der Waals surface area contributed by atoms with Crippen LogP contribution >= 0.6 is 11.8 Å². The third-order valence-corrected chi connectivity index (χ3v) is 4.14. The summed E-state index contributed by atoms with van der Waals surface area (Å²) in [5.74, 6) is 0.891. The van der Waals surface area contributed by atoms with E-state index in [0.29, 0.717) is 0 Å². The second kappa shape index (κ2) is 5.80. The van der Waals surface area contributed by atoms with Crippen molar-refractivity contribution in [2.75, 3.05) is 5.75 Å². The van der Waals surface area contributed by atoms with Crippen molar-refractivity contribution in [3.8, 4) is 5.69 Å². The number of aromatic nitrogens is 2. The van der Waals surface area contributed by atoms with Crippen molar-refractivity contribution in [1.29, 1.82) is 0 Å². The number of nitrogens with zero attached hydrogens (tertiary/aromatic N) is 2. The van der Waals surface area contributed by atoms with Gasteiger partial charge in [0.15, 0.2) is 0 Å². The molecule has 102 valence electrons. The SMILES string of the molecule is CC(C)(C)SCC(N)c1ccnn1-c1ccccc1. The molecule has 0 aliphatic carbocycles. The highest BCUT2D eigenvalue weighted by atomic mass is 32.2. The van der Waals surface area contributed by atoms with Gasteiger partial charge in [-0.05, 0) is 18.2 Å². The van der Waals surface area contributed by atoms with Gasteiger partial charge in [-0.15, -0.1) is 0 Å². The zero-order valence-corrected chi connectivity index (χ0v) is 12.5. The first-order valence-corrected chi connectivity index (χ1v) is 7.45. The second-order valence-electron chi connectivity index (χ2n) is 5.53. The number of nitrogens with two attached hydrogens (primary N) is 1. The molecule has 1 atom stereocenters. The molecule has 0 aliphatic heterocycles. The Kier molecular flexibility index (Phi) is 4.32. The smallest absolute Gasteiger partial charge is 0.0649 e. The third kappa shape index (κ3) is 3.85. The summed E-state index contributed by atoms with van der Waals surface area (Å²) in [6.45, 7) is 6.62. The molecule has 3 nitrogen and oxygen atoms in total. The molecule has 1 aromatic heterocycles. The van der Waals surface area contributed by atoms with E-state index < -0.39 is 0 Å². The third-order valence-electron chi connectivity index (χ3n) is 2.75. The Balaban J connectivity index is 2.16. The predicted molar refractivity (Wildman–Crippen MR) is 82.7 cm³/mol. The summed E-state index contributed by atoms with van der Waals surface area (Å²) in [7, 11) is 0. The molecule has 19 heavy (non-hydrogen) atoms. The Bertz CT molecular complexity index is 514. The first kappa shape index (κ1) is 14.2. The van der Waals surface area contributed by atoms with Gasteiger partial charge >= 0.3 is 0 Å². The van der Waals surface area contributed by atoms with Gasteiger partial charge in [0.25, 0.3) is 0 Å². The molecule has 2 aromatic rings. The molecule has 0 saturated carbocycles. The zero-order chi connectivity index (χ0) is 13.9. The lowest BCUT2D eigenvalue weighted by Gasteiger charge is -2.21. The Hall–Kier alpha value is -1.26. The van der Waals surface area contributed by atoms with E-state index in [-0.39, 0.29) is 10.8 Å². The highest BCUT2D eigenvalue weighted by Gasteiger charge is 2.17. The number of hydrogen-bond donors (Lipinski definition) is 1. The van der Waals surface area contributed by atoms with E-state index in [0.717, 1.165) is 17.1 Å². The Morgan fingerprint density at radius 2 is 1.89 bits per heavy atom. The van der Waals surface area contributed by atoms with E-state index >= 15 is 0 Å². The molecule has 4 heteroatoms. The van der Waals surface area contributed by atoms with Gasteiger partial charge in [-0.3, -0.25) is 0 Å². The molecular formula is C15H21N3S. The summed E-state index contributed by atoms with van der Waals surface area (Å²) in [6, 6.07) is 12.1. The van der Waals surface area contributed by atoms with Gasteiger partial charge in [-0.25, -0.2) is 4.68 Å². The van der Waals surface area contributed by atoms with E-state index in [2.05, 4.69) is 25.9 Å². The predicted octanol–water partition coefficient (Wildman–Crippen LogP) is 3.40. The minimum atomic E-state index is -0.00747. The van der Waals surface area contributed by atoms with Gasteiger partial charge in [-0.1, -0.05) is 39.0 Å². The molecule has 0 saturated heterocycles. The molecule has 2 rings (SSSR count). The molecule has 0 aliphatic rings. The Morgan fingerprint density at radius 3 is 2.53 bits per heavy atom. The fourth-order valence-electron chi connectivity index (χ4n) is 1.80. The normalized spacial score (nSPS) is 13.5. The van der Waals surface area contributed by atoms with Gasteiger partial charge in [0.05, 0.1) is 17.4 Å². The number of para-hydroxylation sites is 1. The van der Waals surface area contributed by atoms with Gasteiger partial charge in [0.2, 0.25) is 0 Å². The van der Waals surface area contributed by atoms with Crippen LogP contribution in [0.2, 0.25) is 0 Å². The van der Waals surface area contributed by atoms with E-state index in [9.17, 15) is 0 Å². The maximum Gasteiger partial charge on any atom is 0.0649 e. The van der Waals surface area contributed by atoms with Crippen LogP contribution in [0.3, 0.4) is 0 Å². The summed E-state index contributed by atoms with van der Waals surface area (Å²) in [5.41, 5.74) is 8.42. The van der Waals surface area contributed by atoms with Gasteiger partial charge in [0.1, 0.15) is 0 Å². The van der Waals surface area contributed by atoms with Crippen molar-refractivity contribution < 1.29 is 0 Å². The largest absolute Gasteiger partial charge is 0.322 e. The number of benzene rings is 1. The van der Waals surface area contributed by atoms with E-state index in [1.165, 1.54) is 0 Å². The van der Waals surface area contributed by atoms with Crippen LogP contribution in [0, 0.1) is 0 Å². The fourth-order valence-corrected chi connectivity index (χ4v) is 2.65. The molecule has 0 bridgehead atoms. The lowest BCUT2D eigenvalue weighted by atomic mass is 10.2. The molecule has 0 amide bonds. The Morgan fingerprint density at radius 1 is 1.21 bits per heavy atom. The number of hydrogen-bond acceptors (Lipinski definition) is 3. The second-order valence-corrected chi connectivity index (χ2v) is 7.38. The minimum Gasteiger partial charge on any atom is -0.322 e. The first-order valence-electron chi connectivity index (χ1n) is 6.46. The van der Waals surface area contributed by atoms with Crippen LogP contribution in [0.25, 0.3) is 5.69 Å². The van der Waals surface area contributed by atoms with Crippen molar-refractivity contribution in [3.63, 3.8) is 0 Å². The zero-order valence-electron chi connectivity index (χ0n) is 11.7. The minimum absolute atomic E-state index is 0.00747. The molecule has 0 radical (unpaired) electrons. The van der Waals surface area contributed by atoms with Crippen LogP contribution in [0.4, 0.5) is 0 Å². The monoisotopic (exact) mass is 275 g/mol. The molecule has 0 spiro atoms. The maximum atomic E-state index is 6.30. The summed E-state index contributed by atoms with van der Waals surface area (Å²) >= 11 is 1.88. The lowest BCUT2D eigenvalue weighted by molar-refractivity contribution is 0.711. The van der Waals surface area contributed by atoms with E-state index in [1.54, 1.807) is 0 Å². The average Bonchev–Trinajstić information content (AvgIpc) is 2.85. The van der Waals surface area contributed by atoms with Crippen LogP contribution in [0.15, 0.2) is 42.6 Å². The van der Waals surface area contributed by atoms with Crippen LogP contribution in [-0.4, -0.2) is 20.3 Å². The average molecular weight is 275 g/mol. The van der Waals surface area contributed by atoms with Crippen LogP contribution in [0.1, 0.15) is 32.5 Å². The molecule has 1 unspecified atom stereocenters. The number of rotatable bonds is 4. The van der Waals surface area contributed by atoms with Crippen LogP contribution in [0.5, 0.6) is 0 Å². The summed E-state index contributed by atoms with van der Waals surface area (Å²) in [5, 5.41) is 4.38. The quantitative estimate of drug-likeness (QED) is 0.930. The summed E-state index contributed by atoms with van der Waals surface area (Å²) < 4.78 is 2.16. The Labute approximate surface area is 119 Å². The van der Waals surface area contributed by atoms with Crippen LogP contribution in [-0.2, 0) is 0 Å². The highest BCUT2D eigenvalue weighted by molar-refractivity contribution is 8.00. The van der Waals surface area contributed by atoms with E-state index in [1.807, 2.05) is 59.0 Å². The van der Waals surface area contributed by atoms with Crippen molar-refractivity contribution in [2.45, 2.75) is 31.6 Å². The van der Waals surface area contributed by atoms with Gasteiger partial charge < -0.3 is 5.73 Å². The molecule has 0 fully saturated rings. The molecule has 1 aromatic carbocycles. The van der Waals surface area contributed by atoms with Crippen molar-refractivity contribution in [3.05, 3.63) is 48.3 Å². The molecule has 1 heterocycles. The van der Waals surface area contributed by atoms with E-state index in [4.69, 9.17) is 5.73 Å². The molecular weight excluding hydrogens is 254 g/mol. The first-order chi connectivity index (χ1) is 8.97. The van der Waals surface area contributed by atoms with Gasteiger partial charge in [-0.2, -0.15) is 16.9 Å². The van der Waals surface area contributed by atoms with Crippen molar-refractivity contribution in [1.82, 2.24) is 9.78 Å². The summed E-state index contributed by atoms with van der Waals surface area (Å²) in [4.78, 5) is 0. The van der Waals surface area contributed by atoms with Gasteiger partial charge in [0, 0.05) is 16.7 Å². The molecule has 2 N–H and O–H groups in total. The topological polar surface area (TPSA) is 43.8 Å². The maximum absolute atomic E-state index is 6.30.